The molecule has 0 aliphatic rings. The van der Waals surface area contributed by atoms with Crippen LogP contribution in [0.3, 0.4) is 0 Å². The van der Waals surface area contributed by atoms with Gasteiger partial charge in [0.2, 0.25) is 0 Å². The SMILES string of the molecule is CCC(C)SCC(NC)c1ccc(C)c(C)c1. The average molecular weight is 251 g/mol. The van der Waals surface area contributed by atoms with Crippen LogP contribution in [0.5, 0.6) is 0 Å². The van der Waals surface area contributed by atoms with Crippen molar-refractivity contribution in [1.29, 1.82) is 0 Å². The lowest BCUT2D eigenvalue weighted by Gasteiger charge is -2.19. The van der Waals surface area contributed by atoms with Crippen LogP contribution in [0.1, 0.15) is 43.0 Å². The van der Waals surface area contributed by atoms with Crippen LogP contribution in [0.2, 0.25) is 0 Å². The summed E-state index contributed by atoms with van der Waals surface area (Å²) in [4.78, 5) is 0. The lowest BCUT2D eigenvalue weighted by molar-refractivity contribution is 0.659. The molecule has 2 unspecified atom stereocenters. The Morgan fingerprint density at radius 2 is 1.94 bits per heavy atom. The van der Waals surface area contributed by atoms with Crippen molar-refractivity contribution in [1.82, 2.24) is 5.32 Å². The van der Waals surface area contributed by atoms with Crippen LogP contribution < -0.4 is 5.32 Å². The lowest BCUT2D eigenvalue weighted by atomic mass is 10.0. The molecule has 0 aliphatic carbocycles. The normalized spacial score (nSPS) is 14.6. The summed E-state index contributed by atoms with van der Waals surface area (Å²) < 4.78 is 0. The maximum absolute atomic E-state index is 3.42. The van der Waals surface area contributed by atoms with E-state index in [2.05, 4.69) is 70.0 Å². The first-order valence-corrected chi connectivity index (χ1v) is 7.49. The van der Waals surface area contributed by atoms with Crippen molar-refractivity contribution in [2.75, 3.05) is 12.8 Å². The summed E-state index contributed by atoms with van der Waals surface area (Å²) in [7, 11) is 2.05. The zero-order valence-electron chi connectivity index (χ0n) is 11.7. The molecule has 0 saturated heterocycles. The van der Waals surface area contributed by atoms with Gasteiger partial charge in [-0.2, -0.15) is 11.8 Å². The summed E-state index contributed by atoms with van der Waals surface area (Å²) in [6.07, 6.45) is 1.24. The molecule has 0 aliphatic heterocycles. The third-order valence-electron chi connectivity index (χ3n) is 3.40. The monoisotopic (exact) mass is 251 g/mol. The van der Waals surface area contributed by atoms with Gasteiger partial charge in [-0.15, -0.1) is 0 Å². The van der Waals surface area contributed by atoms with E-state index in [-0.39, 0.29) is 0 Å². The van der Waals surface area contributed by atoms with E-state index < -0.39 is 0 Å². The van der Waals surface area contributed by atoms with Gasteiger partial charge < -0.3 is 5.32 Å². The van der Waals surface area contributed by atoms with Crippen molar-refractivity contribution in [3.63, 3.8) is 0 Å². The van der Waals surface area contributed by atoms with Gasteiger partial charge in [-0.25, -0.2) is 0 Å². The summed E-state index contributed by atoms with van der Waals surface area (Å²) >= 11 is 2.05. The molecule has 1 nitrogen and oxygen atoms in total. The van der Waals surface area contributed by atoms with E-state index in [1.54, 1.807) is 0 Å². The Hall–Kier alpha value is -0.470. The van der Waals surface area contributed by atoms with Crippen LogP contribution in [0, 0.1) is 13.8 Å². The second-order valence-corrected chi connectivity index (χ2v) is 6.21. The lowest BCUT2D eigenvalue weighted by Crippen LogP contribution is -2.20. The highest BCUT2D eigenvalue weighted by atomic mass is 32.2. The standard InChI is InChI=1S/C15H25NS/c1-6-13(4)17-10-15(16-5)14-8-7-11(2)12(3)9-14/h7-9,13,15-16H,6,10H2,1-5H3. The number of nitrogens with one attached hydrogen (secondary N) is 1. The fourth-order valence-corrected chi connectivity index (χ4v) is 2.82. The van der Waals surface area contributed by atoms with E-state index in [1.807, 2.05) is 0 Å². The number of benzene rings is 1. The van der Waals surface area contributed by atoms with Crippen LogP contribution in [-0.2, 0) is 0 Å². The molecule has 1 aromatic carbocycles. The molecular weight excluding hydrogens is 226 g/mol. The molecular formula is C15H25NS. The highest BCUT2D eigenvalue weighted by Crippen LogP contribution is 2.24. The first-order valence-electron chi connectivity index (χ1n) is 6.44. The highest BCUT2D eigenvalue weighted by Gasteiger charge is 2.11. The van der Waals surface area contributed by atoms with Crippen molar-refractivity contribution in [3.8, 4) is 0 Å². The van der Waals surface area contributed by atoms with Crippen molar-refractivity contribution >= 4 is 11.8 Å². The van der Waals surface area contributed by atoms with Gasteiger partial charge in [-0.3, -0.25) is 0 Å². The number of hydrogen-bond acceptors (Lipinski definition) is 2. The summed E-state index contributed by atoms with van der Waals surface area (Å²) in [5.41, 5.74) is 4.17. The van der Waals surface area contributed by atoms with Crippen molar-refractivity contribution in [2.24, 2.45) is 0 Å². The van der Waals surface area contributed by atoms with Gasteiger partial charge in [0.1, 0.15) is 0 Å². The molecule has 0 spiro atoms. The minimum absolute atomic E-state index is 0.466. The molecule has 0 fully saturated rings. The second-order valence-electron chi connectivity index (χ2n) is 4.74. The van der Waals surface area contributed by atoms with Crippen LogP contribution in [0.15, 0.2) is 18.2 Å². The van der Waals surface area contributed by atoms with Gasteiger partial charge >= 0.3 is 0 Å². The van der Waals surface area contributed by atoms with Gasteiger partial charge in [0, 0.05) is 17.0 Å². The molecule has 2 heteroatoms. The van der Waals surface area contributed by atoms with E-state index in [4.69, 9.17) is 0 Å². The molecule has 2 atom stereocenters. The fourth-order valence-electron chi connectivity index (χ4n) is 1.71. The van der Waals surface area contributed by atoms with Crippen LogP contribution in [-0.4, -0.2) is 18.1 Å². The van der Waals surface area contributed by atoms with Gasteiger partial charge in [0.15, 0.2) is 0 Å². The second kappa shape index (κ2) is 7.07. The van der Waals surface area contributed by atoms with Crippen LogP contribution in [0.25, 0.3) is 0 Å². The van der Waals surface area contributed by atoms with Gasteiger partial charge in [-0.05, 0) is 44.0 Å². The topological polar surface area (TPSA) is 12.0 Å². The molecule has 17 heavy (non-hydrogen) atoms. The quantitative estimate of drug-likeness (QED) is 0.817. The minimum atomic E-state index is 0.466. The molecule has 0 radical (unpaired) electrons. The maximum Gasteiger partial charge on any atom is 0.0409 e. The molecule has 0 heterocycles. The number of hydrogen-bond donors (Lipinski definition) is 1. The zero-order chi connectivity index (χ0) is 12.8. The Morgan fingerprint density at radius 3 is 2.47 bits per heavy atom. The van der Waals surface area contributed by atoms with E-state index in [9.17, 15) is 0 Å². The first kappa shape index (κ1) is 14.6. The molecule has 0 amide bonds. The molecule has 1 aromatic rings. The number of thioether (sulfide) groups is 1. The summed E-state index contributed by atoms with van der Waals surface area (Å²) in [6, 6.07) is 7.25. The Labute approximate surface area is 110 Å². The molecule has 0 aromatic heterocycles. The average Bonchev–Trinajstić information content (AvgIpc) is 2.33. The zero-order valence-corrected chi connectivity index (χ0v) is 12.5. The summed E-state index contributed by atoms with van der Waals surface area (Å²) in [5.74, 6) is 1.15. The van der Waals surface area contributed by atoms with Gasteiger partial charge in [0.25, 0.3) is 0 Å². The smallest absolute Gasteiger partial charge is 0.0409 e. The van der Waals surface area contributed by atoms with E-state index in [1.165, 1.54) is 23.1 Å². The first-order chi connectivity index (χ1) is 8.08. The third kappa shape index (κ3) is 4.36. The predicted molar refractivity (Wildman–Crippen MR) is 79.9 cm³/mol. The van der Waals surface area contributed by atoms with Crippen molar-refractivity contribution < 1.29 is 0 Å². The Balaban J connectivity index is 2.69. The van der Waals surface area contributed by atoms with Gasteiger partial charge in [0.05, 0.1) is 0 Å². The van der Waals surface area contributed by atoms with E-state index in [0.29, 0.717) is 6.04 Å². The predicted octanol–water partition coefficient (Wildman–Crippen LogP) is 4.10. The number of rotatable bonds is 6. The summed E-state index contributed by atoms with van der Waals surface area (Å²) in [6.45, 7) is 8.91. The van der Waals surface area contributed by atoms with Crippen molar-refractivity contribution in [3.05, 3.63) is 34.9 Å². The molecule has 0 bridgehead atoms. The molecule has 96 valence electrons. The third-order valence-corrected chi connectivity index (χ3v) is 4.83. The van der Waals surface area contributed by atoms with Gasteiger partial charge in [-0.1, -0.05) is 32.0 Å². The molecule has 1 N–H and O–H groups in total. The molecule has 1 rings (SSSR count). The number of aryl methyl sites for hydroxylation is 2. The fraction of sp³-hybridized carbons (Fsp3) is 0.600. The Morgan fingerprint density at radius 1 is 1.24 bits per heavy atom. The van der Waals surface area contributed by atoms with E-state index >= 15 is 0 Å². The highest BCUT2D eigenvalue weighted by molar-refractivity contribution is 7.99. The Bertz CT molecular complexity index is 349. The maximum atomic E-state index is 3.42. The minimum Gasteiger partial charge on any atom is -0.312 e. The van der Waals surface area contributed by atoms with Crippen molar-refractivity contribution in [2.45, 2.75) is 45.4 Å². The van der Waals surface area contributed by atoms with Crippen LogP contribution >= 0.6 is 11.8 Å². The van der Waals surface area contributed by atoms with E-state index in [0.717, 1.165) is 11.0 Å². The largest absolute Gasteiger partial charge is 0.312 e. The van der Waals surface area contributed by atoms with Crippen LogP contribution in [0.4, 0.5) is 0 Å². The summed E-state index contributed by atoms with van der Waals surface area (Å²) in [5, 5.41) is 4.17. The Kier molecular flexibility index (Phi) is 6.07. The molecule has 0 saturated carbocycles.